The molecule has 0 aliphatic carbocycles. The molecule has 1 aromatic heterocycles. The van der Waals surface area contributed by atoms with E-state index in [9.17, 15) is 18.0 Å². The fourth-order valence-electron chi connectivity index (χ4n) is 2.90. The smallest absolute Gasteiger partial charge is 0.306 e. The van der Waals surface area contributed by atoms with Crippen molar-refractivity contribution in [2.75, 3.05) is 33.3 Å². The van der Waals surface area contributed by atoms with Gasteiger partial charge in [0.15, 0.2) is 0 Å². The Hall–Kier alpha value is -1.94. The number of piperazine rings is 1. The van der Waals surface area contributed by atoms with Crippen LogP contribution in [0.4, 0.5) is 0 Å². The molecular formula is C15H24N4O5S. The Kier molecular flexibility index (Phi) is 5.83. The number of carbonyl (C=O) groups excluding carboxylic acids is 2. The van der Waals surface area contributed by atoms with Crippen molar-refractivity contribution in [1.29, 1.82) is 0 Å². The van der Waals surface area contributed by atoms with Crippen molar-refractivity contribution in [2.45, 2.75) is 31.6 Å². The van der Waals surface area contributed by atoms with Gasteiger partial charge < -0.3 is 9.64 Å². The van der Waals surface area contributed by atoms with Crippen molar-refractivity contribution in [3.8, 4) is 0 Å². The molecule has 0 saturated carbocycles. The predicted octanol–water partition coefficient (Wildman–Crippen LogP) is -0.177. The van der Waals surface area contributed by atoms with Gasteiger partial charge in [-0.1, -0.05) is 0 Å². The van der Waals surface area contributed by atoms with Crippen molar-refractivity contribution in [3.05, 3.63) is 11.4 Å². The highest BCUT2D eigenvalue weighted by Crippen LogP contribution is 2.24. The number of methoxy groups -OCH3 is 1. The van der Waals surface area contributed by atoms with Gasteiger partial charge in [-0.2, -0.15) is 9.40 Å². The topological polar surface area (TPSA) is 102 Å². The fraction of sp³-hybridized carbons (Fsp3) is 0.667. The molecule has 0 unspecified atom stereocenters. The van der Waals surface area contributed by atoms with Gasteiger partial charge in [-0.3, -0.25) is 14.3 Å². The molecule has 1 aromatic rings. The highest BCUT2D eigenvalue weighted by molar-refractivity contribution is 7.89. The number of esters is 1. The van der Waals surface area contributed by atoms with Gasteiger partial charge in [0.05, 0.1) is 24.9 Å². The van der Waals surface area contributed by atoms with Crippen molar-refractivity contribution >= 4 is 21.9 Å². The number of nitrogens with zero attached hydrogens (tertiary/aromatic N) is 4. The summed E-state index contributed by atoms with van der Waals surface area (Å²) in [6.45, 7) is 4.45. The lowest BCUT2D eigenvalue weighted by molar-refractivity contribution is -0.143. The molecule has 0 aromatic carbocycles. The van der Waals surface area contributed by atoms with E-state index in [2.05, 4.69) is 9.84 Å². The molecule has 9 nitrogen and oxygen atoms in total. The van der Waals surface area contributed by atoms with Crippen molar-refractivity contribution in [2.24, 2.45) is 7.05 Å². The van der Waals surface area contributed by atoms with Crippen LogP contribution in [-0.2, 0) is 31.4 Å². The van der Waals surface area contributed by atoms with Crippen molar-refractivity contribution in [1.82, 2.24) is 19.0 Å². The van der Waals surface area contributed by atoms with Crippen molar-refractivity contribution < 1.29 is 22.7 Å². The SMILES string of the molecule is COC(=O)CCC(=O)N1CCN(S(=O)(=O)c2c(C)nn(C)c2C)CC1. The lowest BCUT2D eigenvalue weighted by atomic mass is 10.2. The third-order valence-corrected chi connectivity index (χ3v) is 6.55. The fourth-order valence-corrected chi connectivity index (χ4v) is 4.73. The van der Waals surface area contributed by atoms with Crippen LogP contribution in [0.5, 0.6) is 0 Å². The van der Waals surface area contributed by atoms with Crippen LogP contribution in [0.1, 0.15) is 24.2 Å². The molecule has 0 bridgehead atoms. The molecule has 25 heavy (non-hydrogen) atoms. The van der Waals surface area contributed by atoms with Gasteiger partial charge in [-0.25, -0.2) is 8.42 Å². The zero-order chi connectivity index (χ0) is 18.8. The Morgan fingerprint density at radius 1 is 1.12 bits per heavy atom. The van der Waals surface area contributed by atoms with Gasteiger partial charge in [-0.15, -0.1) is 0 Å². The third-order valence-electron chi connectivity index (χ3n) is 4.40. The normalized spacial score (nSPS) is 16.1. The van der Waals surface area contributed by atoms with E-state index in [0.29, 0.717) is 24.5 Å². The maximum Gasteiger partial charge on any atom is 0.306 e. The van der Waals surface area contributed by atoms with Crippen LogP contribution in [-0.4, -0.2) is 72.6 Å². The number of hydrogen-bond donors (Lipinski definition) is 0. The van der Waals surface area contributed by atoms with Crippen LogP contribution in [0.15, 0.2) is 4.90 Å². The Morgan fingerprint density at radius 3 is 2.20 bits per heavy atom. The van der Waals surface area contributed by atoms with E-state index in [4.69, 9.17) is 0 Å². The molecular weight excluding hydrogens is 348 g/mol. The van der Waals surface area contributed by atoms with Gasteiger partial charge >= 0.3 is 5.97 Å². The van der Waals surface area contributed by atoms with E-state index >= 15 is 0 Å². The maximum atomic E-state index is 12.9. The predicted molar refractivity (Wildman–Crippen MR) is 89.3 cm³/mol. The van der Waals surface area contributed by atoms with E-state index in [1.807, 2.05) is 0 Å². The van der Waals surface area contributed by atoms with Gasteiger partial charge in [0.25, 0.3) is 0 Å². The van der Waals surface area contributed by atoms with Crippen LogP contribution in [0.3, 0.4) is 0 Å². The molecule has 1 aliphatic heterocycles. The first kappa shape index (κ1) is 19.4. The number of amides is 1. The lowest BCUT2D eigenvalue weighted by Gasteiger charge is -2.34. The third kappa shape index (κ3) is 4.01. The highest BCUT2D eigenvalue weighted by atomic mass is 32.2. The summed E-state index contributed by atoms with van der Waals surface area (Å²) in [7, 11) is -0.659. The van der Waals surface area contributed by atoms with E-state index in [-0.39, 0.29) is 36.7 Å². The maximum absolute atomic E-state index is 12.9. The van der Waals surface area contributed by atoms with Gasteiger partial charge in [0, 0.05) is 39.6 Å². The first-order chi connectivity index (χ1) is 11.7. The van der Waals surface area contributed by atoms with Gasteiger partial charge in [0.1, 0.15) is 4.90 Å². The molecule has 2 heterocycles. The first-order valence-electron chi connectivity index (χ1n) is 8.03. The molecule has 2 rings (SSSR count). The Labute approximate surface area is 147 Å². The molecule has 0 N–H and O–H groups in total. The summed E-state index contributed by atoms with van der Waals surface area (Å²) < 4.78 is 33.2. The number of aryl methyl sites for hydroxylation is 2. The number of hydrogen-bond acceptors (Lipinski definition) is 6. The number of rotatable bonds is 5. The molecule has 0 atom stereocenters. The zero-order valence-corrected chi connectivity index (χ0v) is 15.8. The summed E-state index contributed by atoms with van der Waals surface area (Å²) in [6, 6.07) is 0. The summed E-state index contributed by atoms with van der Waals surface area (Å²) in [6.07, 6.45) is 0.0994. The quantitative estimate of drug-likeness (QED) is 0.665. The summed E-state index contributed by atoms with van der Waals surface area (Å²) in [5.74, 6) is -0.603. The molecule has 140 valence electrons. The van der Waals surface area contributed by atoms with Crippen LogP contribution >= 0.6 is 0 Å². The summed E-state index contributed by atoms with van der Waals surface area (Å²) in [5, 5.41) is 4.17. The molecule has 1 amide bonds. The van der Waals surface area contributed by atoms with Crippen LogP contribution in [0.2, 0.25) is 0 Å². The number of carbonyl (C=O) groups is 2. The Balaban J connectivity index is 2.02. The monoisotopic (exact) mass is 372 g/mol. The largest absolute Gasteiger partial charge is 0.469 e. The van der Waals surface area contributed by atoms with E-state index in [0.717, 1.165) is 0 Å². The van der Waals surface area contributed by atoms with E-state index in [1.54, 1.807) is 30.5 Å². The number of aromatic nitrogens is 2. The second-order valence-electron chi connectivity index (χ2n) is 5.98. The average molecular weight is 372 g/mol. The minimum absolute atomic E-state index is 0.0297. The summed E-state index contributed by atoms with van der Waals surface area (Å²) >= 11 is 0. The summed E-state index contributed by atoms with van der Waals surface area (Å²) in [5.41, 5.74) is 1.06. The standard InChI is InChI=1S/C15H24N4O5S/c1-11-15(12(2)17(3)16-11)25(22,23)19-9-7-18(8-10-19)13(20)5-6-14(21)24-4/h5-10H2,1-4H3. The summed E-state index contributed by atoms with van der Waals surface area (Å²) in [4.78, 5) is 25.0. The molecule has 10 heteroatoms. The van der Waals surface area contributed by atoms with Crippen LogP contribution in [0, 0.1) is 13.8 Å². The van der Waals surface area contributed by atoms with Crippen LogP contribution in [0.25, 0.3) is 0 Å². The number of sulfonamides is 1. The minimum Gasteiger partial charge on any atom is -0.469 e. The number of ether oxygens (including phenoxy) is 1. The van der Waals surface area contributed by atoms with Gasteiger partial charge in [-0.05, 0) is 13.8 Å². The minimum atomic E-state index is -3.64. The zero-order valence-electron chi connectivity index (χ0n) is 15.0. The van der Waals surface area contributed by atoms with Crippen LogP contribution < -0.4 is 0 Å². The molecule has 0 spiro atoms. The molecule has 1 saturated heterocycles. The average Bonchev–Trinajstić information content (AvgIpc) is 2.85. The molecule has 0 radical (unpaired) electrons. The van der Waals surface area contributed by atoms with E-state index in [1.165, 1.54) is 11.4 Å². The second-order valence-corrected chi connectivity index (χ2v) is 7.86. The first-order valence-corrected chi connectivity index (χ1v) is 9.47. The second kappa shape index (κ2) is 7.52. The molecule has 1 fully saturated rings. The van der Waals surface area contributed by atoms with Crippen molar-refractivity contribution in [3.63, 3.8) is 0 Å². The Morgan fingerprint density at radius 2 is 1.72 bits per heavy atom. The lowest BCUT2D eigenvalue weighted by Crippen LogP contribution is -2.50. The Bertz CT molecular complexity index is 763. The molecule has 1 aliphatic rings. The van der Waals surface area contributed by atoms with E-state index < -0.39 is 16.0 Å². The highest BCUT2D eigenvalue weighted by Gasteiger charge is 2.33. The van der Waals surface area contributed by atoms with Gasteiger partial charge in [0.2, 0.25) is 15.9 Å².